The minimum atomic E-state index is -4.55. The summed E-state index contributed by atoms with van der Waals surface area (Å²) in [6.45, 7) is -1.01. The molecule has 14 heteroatoms. The van der Waals surface area contributed by atoms with E-state index >= 15 is 0 Å². The fourth-order valence-corrected chi connectivity index (χ4v) is 3.43. The second-order valence-corrected chi connectivity index (χ2v) is 10.8. The van der Waals surface area contributed by atoms with Crippen LogP contribution >= 0.6 is 33.0 Å². The largest absolute Gasteiger partial charge is 0.488 e. The van der Waals surface area contributed by atoms with Crippen LogP contribution in [0, 0.1) is 0 Å². The van der Waals surface area contributed by atoms with Crippen LogP contribution in [0.1, 0.15) is 21.6 Å². The quantitative estimate of drug-likeness (QED) is 0.192. The van der Waals surface area contributed by atoms with Crippen LogP contribution < -0.4 is 14.8 Å². The third-order valence-electron chi connectivity index (χ3n) is 4.97. The molecule has 7 nitrogen and oxygen atoms in total. The van der Waals surface area contributed by atoms with Gasteiger partial charge in [0.25, 0.3) is 5.91 Å². The number of amides is 1. The van der Waals surface area contributed by atoms with Crippen molar-refractivity contribution in [1.29, 1.82) is 0 Å². The maximum absolute atomic E-state index is 12.4. The van der Waals surface area contributed by atoms with Gasteiger partial charge in [-0.15, -0.1) is 0 Å². The van der Waals surface area contributed by atoms with E-state index in [9.17, 15) is 18.0 Å². The summed E-state index contributed by atoms with van der Waals surface area (Å²) in [5, 5.41) is 5.59. The number of ether oxygens (including phenoxy) is 2. The van der Waals surface area contributed by atoms with Gasteiger partial charge in [0.15, 0.2) is 11.5 Å². The van der Waals surface area contributed by atoms with Gasteiger partial charge >= 0.3 is 6.18 Å². The Labute approximate surface area is 243 Å². The first-order chi connectivity index (χ1) is 19.0. The first-order valence-corrected chi connectivity index (χ1v) is 14.4. The molecule has 0 radical (unpaired) electrons. The molecule has 4 aromatic rings. The SMILES string of the molecule is O=C(NCC(F)(F)F)c1cc(-c2cc(Cl)c(OCc3ccccc3)cc2OCc2ccccc2)on1.O=S(Cl)Cl. The molecule has 0 aliphatic heterocycles. The lowest BCUT2D eigenvalue weighted by Gasteiger charge is -2.14. The van der Waals surface area contributed by atoms with Crippen LogP contribution in [0.25, 0.3) is 11.3 Å². The van der Waals surface area contributed by atoms with E-state index in [2.05, 4.69) is 26.5 Å². The van der Waals surface area contributed by atoms with Gasteiger partial charge in [-0.3, -0.25) is 4.79 Å². The molecule has 1 amide bonds. The lowest BCUT2D eigenvalue weighted by atomic mass is 10.1. The van der Waals surface area contributed by atoms with Gasteiger partial charge in [-0.25, -0.2) is 4.21 Å². The van der Waals surface area contributed by atoms with Crippen LogP contribution in [0.3, 0.4) is 0 Å². The summed E-state index contributed by atoms with van der Waals surface area (Å²) in [5.74, 6) is -0.255. The molecule has 0 aliphatic rings. The summed E-state index contributed by atoms with van der Waals surface area (Å²) in [6, 6.07) is 23.3. The maximum atomic E-state index is 12.4. The average molecular weight is 636 g/mol. The van der Waals surface area contributed by atoms with Crippen molar-refractivity contribution >= 4 is 48.1 Å². The molecule has 3 aromatic carbocycles. The van der Waals surface area contributed by atoms with Crippen molar-refractivity contribution in [3.8, 4) is 22.8 Å². The fourth-order valence-electron chi connectivity index (χ4n) is 3.21. The zero-order valence-electron chi connectivity index (χ0n) is 20.3. The Balaban J connectivity index is 0.00000103. The summed E-state index contributed by atoms with van der Waals surface area (Å²) >= 11 is 6.46. The predicted molar refractivity (Wildman–Crippen MR) is 147 cm³/mol. The van der Waals surface area contributed by atoms with Crippen LogP contribution in [0.15, 0.2) is 83.4 Å². The third kappa shape index (κ3) is 10.4. The van der Waals surface area contributed by atoms with Gasteiger partial charge in [0.1, 0.15) is 31.3 Å². The average Bonchev–Trinajstić information content (AvgIpc) is 3.41. The number of carbonyl (C=O) groups excluding carboxylic acids is 1. The number of benzene rings is 3. The number of aromatic nitrogens is 1. The van der Waals surface area contributed by atoms with E-state index in [0.717, 1.165) is 11.1 Å². The minimum Gasteiger partial charge on any atom is -0.488 e. The Morgan fingerprint density at radius 3 is 1.95 bits per heavy atom. The van der Waals surface area contributed by atoms with Crippen LogP contribution in [0.5, 0.6) is 11.5 Å². The Morgan fingerprint density at radius 1 is 0.900 bits per heavy atom. The fraction of sp³-hybridized carbons (Fsp3) is 0.154. The van der Waals surface area contributed by atoms with Crippen molar-refractivity contribution in [3.63, 3.8) is 0 Å². The smallest absolute Gasteiger partial charge is 0.405 e. The van der Waals surface area contributed by atoms with Gasteiger partial charge in [0.05, 0.1) is 10.6 Å². The highest BCUT2D eigenvalue weighted by molar-refractivity contribution is 8.26. The Morgan fingerprint density at radius 2 is 1.43 bits per heavy atom. The molecule has 212 valence electrons. The molecule has 0 bridgehead atoms. The first-order valence-electron chi connectivity index (χ1n) is 11.2. The van der Waals surface area contributed by atoms with E-state index in [0.29, 0.717) is 17.1 Å². The van der Waals surface area contributed by atoms with Crippen molar-refractivity contribution in [3.05, 3.63) is 101 Å². The van der Waals surface area contributed by atoms with Crippen molar-refractivity contribution in [1.82, 2.24) is 10.5 Å². The second-order valence-electron chi connectivity index (χ2n) is 7.89. The van der Waals surface area contributed by atoms with Gasteiger partial charge < -0.3 is 19.3 Å². The highest BCUT2D eigenvalue weighted by Gasteiger charge is 2.29. The minimum absolute atomic E-state index is 0.0896. The molecule has 1 N–H and O–H groups in total. The maximum Gasteiger partial charge on any atom is 0.405 e. The van der Waals surface area contributed by atoms with Crippen molar-refractivity contribution in [2.24, 2.45) is 0 Å². The van der Waals surface area contributed by atoms with Gasteiger partial charge in [-0.2, -0.15) is 13.2 Å². The molecule has 0 saturated heterocycles. The predicted octanol–water partition coefficient (Wildman–Crippen LogP) is 7.49. The number of rotatable bonds is 9. The number of nitrogens with one attached hydrogen (secondary N) is 1. The van der Waals surface area contributed by atoms with E-state index in [1.54, 1.807) is 11.4 Å². The lowest BCUT2D eigenvalue weighted by Crippen LogP contribution is -2.33. The zero-order valence-corrected chi connectivity index (χ0v) is 23.4. The molecule has 1 heterocycles. The van der Waals surface area contributed by atoms with Gasteiger partial charge in [0.2, 0.25) is 9.23 Å². The molecule has 1 aromatic heterocycles. The van der Waals surface area contributed by atoms with Crippen molar-refractivity contribution < 1.29 is 36.2 Å². The standard InChI is InChI=1S/C26H20ClF3N2O4.Cl2OS/c27-20-11-19(23-12-21(32-36-23)25(33)31-16-26(28,29)30)22(34-14-17-7-3-1-4-8-17)13-24(20)35-15-18-9-5-2-6-10-18;1-4(2)3/h1-13H,14-16H2,(H,31,33);. The number of carbonyl (C=O) groups is 1. The van der Waals surface area contributed by atoms with Crippen LogP contribution in [0.2, 0.25) is 5.02 Å². The number of hydrogen-bond acceptors (Lipinski definition) is 6. The van der Waals surface area contributed by atoms with Gasteiger partial charge in [-0.1, -0.05) is 77.4 Å². The van der Waals surface area contributed by atoms with E-state index in [-0.39, 0.29) is 29.7 Å². The van der Waals surface area contributed by atoms with Crippen LogP contribution in [-0.2, 0) is 22.4 Å². The lowest BCUT2D eigenvalue weighted by molar-refractivity contribution is -0.123. The van der Waals surface area contributed by atoms with E-state index in [1.807, 2.05) is 60.7 Å². The summed E-state index contributed by atoms with van der Waals surface area (Å²) in [7, 11) is 7.36. The molecule has 0 unspecified atom stereocenters. The summed E-state index contributed by atoms with van der Waals surface area (Å²) < 4.78 is 63.5. The molecule has 4 rings (SSSR count). The molecular formula is C26H20Cl3F3N2O5S. The Kier molecular flexibility index (Phi) is 11.7. The van der Waals surface area contributed by atoms with Crippen molar-refractivity contribution in [2.45, 2.75) is 19.4 Å². The van der Waals surface area contributed by atoms with Gasteiger partial charge in [-0.05, 0) is 17.2 Å². The molecule has 0 spiro atoms. The molecule has 0 atom stereocenters. The van der Waals surface area contributed by atoms with Crippen LogP contribution in [-0.4, -0.2) is 28.0 Å². The topological polar surface area (TPSA) is 90.7 Å². The van der Waals surface area contributed by atoms with Gasteiger partial charge in [0, 0.05) is 33.5 Å². The van der Waals surface area contributed by atoms with E-state index < -0.39 is 27.9 Å². The number of hydrogen-bond donors (Lipinski definition) is 1. The van der Waals surface area contributed by atoms with E-state index in [4.69, 9.17) is 29.8 Å². The second kappa shape index (κ2) is 14.9. The Bertz CT molecular complexity index is 1420. The highest BCUT2D eigenvalue weighted by Crippen LogP contribution is 2.39. The summed E-state index contributed by atoms with van der Waals surface area (Å²) in [4.78, 5) is 12.1. The third-order valence-corrected chi connectivity index (χ3v) is 5.26. The number of halogens is 6. The molecular weight excluding hydrogens is 616 g/mol. The summed E-state index contributed by atoms with van der Waals surface area (Å²) in [6.07, 6.45) is -4.55. The number of alkyl halides is 3. The molecule has 40 heavy (non-hydrogen) atoms. The normalized spacial score (nSPS) is 11.0. The van der Waals surface area contributed by atoms with Crippen molar-refractivity contribution in [2.75, 3.05) is 6.54 Å². The molecule has 0 fully saturated rings. The Hall–Kier alpha value is -3.25. The molecule has 0 aliphatic carbocycles. The molecule has 0 saturated carbocycles. The monoisotopic (exact) mass is 634 g/mol. The summed E-state index contributed by atoms with van der Waals surface area (Å²) in [5.41, 5.74) is 1.87. The van der Waals surface area contributed by atoms with E-state index in [1.165, 1.54) is 12.1 Å². The highest BCUT2D eigenvalue weighted by atomic mass is 36.0. The first kappa shape index (κ1) is 31.3. The zero-order chi connectivity index (χ0) is 29.1. The number of nitrogens with zero attached hydrogens (tertiary/aromatic N) is 1. The van der Waals surface area contributed by atoms with Crippen LogP contribution in [0.4, 0.5) is 13.2 Å².